The maximum Gasteiger partial charge on any atom is 0.238 e. The minimum atomic E-state index is -0.781. The monoisotopic (exact) mass is 658 g/mol. The minimum absolute atomic E-state index is 0.000934. The van der Waals surface area contributed by atoms with Gasteiger partial charge in [-0.2, -0.15) is 9.97 Å². The highest BCUT2D eigenvalue weighted by Gasteiger charge is 2.22. The van der Waals surface area contributed by atoms with Gasteiger partial charge in [0.15, 0.2) is 23.1 Å². The normalized spacial score (nSPS) is 16.1. The van der Waals surface area contributed by atoms with E-state index in [1.54, 1.807) is 48.5 Å². The second-order valence-corrected chi connectivity index (χ2v) is 10.9. The third-order valence-electron chi connectivity index (χ3n) is 7.97. The van der Waals surface area contributed by atoms with Gasteiger partial charge in [-0.05, 0) is 12.1 Å². The molecule has 234 valence electrons. The molecule has 0 atom stereocenters. The van der Waals surface area contributed by atoms with Crippen molar-refractivity contribution in [3.05, 3.63) is 157 Å². The van der Waals surface area contributed by atoms with Crippen LogP contribution in [-0.2, 0) is 0 Å². The van der Waals surface area contributed by atoms with Crippen molar-refractivity contribution >= 4 is 43.9 Å². The topological polar surface area (TPSA) is 82.5 Å². The van der Waals surface area contributed by atoms with Crippen LogP contribution in [0.1, 0.15) is 21.9 Å². The molecule has 0 fully saturated rings. The molecule has 4 heterocycles. The fraction of sp³-hybridized carbons (Fsp3) is 0. The molecule has 50 heavy (non-hydrogen) atoms. The average Bonchev–Trinajstić information content (AvgIpc) is 3.90. The average molecular weight is 659 g/mol. The Kier molecular flexibility index (Phi) is 3.71. The number of hydrogen-bond donors (Lipinski definition) is 0. The van der Waals surface area contributed by atoms with Crippen LogP contribution < -0.4 is 0 Å². The van der Waals surface area contributed by atoms with Crippen LogP contribution in [-0.4, -0.2) is 29.5 Å². The van der Waals surface area contributed by atoms with Gasteiger partial charge in [0.25, 0.3) is 0 Å². The summed E-state index contributed by atoms with van der Waals surface area (Å²) in [6.07, 6.45) is 0. The molecule has 0 radical (unpaired) electrons. The molecule has 0 N–H and O–H groups in total. The smallest absolute Gasteiger partial charge is 0.238 e. The summed E-state index contributed by atoms with van der Waals surface area (Å²) in [4.78, 5) is 23.1. The van der Waals surface area contributed by atoms with Crippen LogP contribution in [0.2, 0.25) is 0 Å². The largest absolute Gasteiger partial charge is 0.452 e. The van der Waals surface area contributed by atoms with Gasteiger partial charge >= 0.3 is 0 Å². The van der Waals surface area contributed by atoms with Gasteiger partial charge < -0.3 is 4.42 Å². The first-order chi connectivity index (χ1) is 31.4. The van der Waals surface area contributed by atoms with E-state index in [2.05, 4.69) is 15.0 Å². The lowest BCUT2D eigenvalue weighted by Crippen LogP contribution is -2.06. The lowest BCUT2D eigenvalue weighted by molar-refractivity contribution is 0.667. The zero-order valence-corrected chi connectivity index (χ0v) is 25.4. The zero-order valence-electron chi connectivity index (χ0n) is 41.4. The van der Waals surface area contributed by atoms with Crippen molar-refractivity contribution in [2.45, 2.75) is 0 Å². The quantitative estimate of drug-likeness (QED) is 0.183. The molecule has 10 rings (SSSR count). The minimum Gasteiger partial charge on any atom is -0.452 e. The molecule has 0 aliphatic rings. The van der Waals surface area contributed by atoms with Crippen molar-refractivity contribution in [2.24, 2.45) is 0 Å². The zero-order chi connectivity index (χ0) is 46.9. The number of para-hydroxylation sites is 1. The molecule has 0 aliphatic heterocycles. The summed E-state index contributed by atoms with van der Waals surface area (Å²) < 4.78 is 148. The fourth-order valence-corrected chi connectivity index (χ4v) is 5.77. The van der Waals surface area contributed by atoms with Gasteiger partial charge in [-0.3, -0.25) is 4.57 Å². The molecule has 0 spiro atoms. The predicted molar refractivity (Wildman–Crippen MR) is 199 cm³/mol. The van der Waals surface area contributed by atoms with E-state index in [4.69, 9.17) is 30.8 Å². The summed E-state index contributed by atoms with van der Waals surface area (Å²) in [5.74, 6) is -1.70. The Morgan fingerprint density at radius 3 is 1.76 bits per heavy atom. The second kappa shape index (κ2) is 11.3. The number of fused-ring (bicyclic) bond motifs is 6. The van der Waals surface area contributed by atoms with Gasteiger partial charge in [-0.25, -0.2) is 15.0 Å². The lowest BCUT2D eigenvalue weighted by Gasteiger charge is -2.10. The summed E-state index contributed by atoms with van der Waals surface area (Å²) in [6.45, 7) is 0. The van der Waals surface area contributed by atoms with Gasteiger partial charge in [0, 0.05) is 44.5 Å². The summed E-state index contributed by atoms with van der Waals surface area (Å²) in [7, 11) is 0. The number of furan rings is 1. The van der Waals surface area contributed by atoms with E-state index in [1.807, 2.05) is 12.1 Å². The molecule has 0 saturated carbocycles. The van der Waals surface area contributed by atoms with Crippen molar-refractivity contribution in [1.29, 1.82) is 0 Å². The van der Waals surface area contributed by atoms with Crippen molar-refractivity contribution in [3.63, 3.8) is 0 Å². The van der Waals surface area contributed by atoms with Crippen LogP contribution in [0.4, 0.5) is 0 Å². The Labute approximate surface area is 308 Å². The molecule has 0 unspecified atom stereocenters. The molecule has 6 aromatic carbocycles. The fourth-order valence-electron chi connectivity index (χ4n) is 5.77. The van der Waals surface area contributed by atoms with E-state index >= 15 is 0 Å². The first kappa shape index (κ1) is 16.4. The van der Waals surface area contributed by atoms with Crippen molar-refractivity contribution in [3.8, 4) is 51.4 Å². The lowest BCUT2D eigenvalue weighted by atomic mass is 10.1. The number of rotatable bonds is 5. The summed E-state index contributed by atoms with van der Waals surface area (Å²) in [5, 5.41) is -0.464. The number of benzene rings is 6. The standard InChI is InChI=1S/C43H26N6O/c1-5-15-27(16-6-1)37-39-38(45-40(44-37)28-17-7-2-8-18-28)33-25-32-31-23-13-14-24-34(31)49(35(32)26-36(33)50-39)43-47-41(29-19-9-3-10-20-29)46-42(48-43)30-21-11-4-12-22-30/h1-26H/i3D,4D,9D,10D,11D,12D,13D,14D,19D,20D,21D,22D,23D,24D,25D,26D. The van der Waals surface area contributed by atoms with Gasteiger partial charge in [0.1, 0.15) is 16.8 Å². The first-order valence-electron chi connectivity index (χ1n) is 23.1. The van der Waals surface area contributed by atoms with Gasteiger partial charge in [0.2, 0.25) is 5.95 Å². The van der Waals surface area contributed by atoms with Gasteiger partial charge in [-0.15, -0.1) is 0 Å². The summed E-state index contributed by atoms with van der Waals surface area (Å²) in [6, 6.07) is 6.66. The molecular formula is C43H26N6O. The molecule has 10 aromatic rings. The Bertz CT molecular complexity index is 3640. The number of nitrogens with zero attached hydrogens (tertiary/aromatic N) is 6. The molecule has 7 nitrogen and oxygen atoms in total. The van der Waals surface area contributed by atoms with Crippen LogP contribution in [0.25, 0.3) is 95.2 Å². The van der Waals surface area contributed by atoms with Crippen LogP contribution in [0.5, 0.6) is 0 Å². The highest BCUT2D eigenvalue weighted by molar-refractivity contribution is 6.17. The molecule has 7 heteroatoms. The van der Waals surface area contributed by atoms with E-state index in [1.165, 1.54) is 0 Å². The Hall–Kier alpha value is -6.99. The highest BCUT2D eigenvalue weighted by atomic mass is 16.3. The van der Waals surface area contributed by atoms with Crippen LogP contribution >= 0.6 is 0 Å². The van der Waals surface area contributed by atoms with Crippen molar-refractivity contribution < 1.29 is 26.3 Å². The third kappa shape index (κ3) is 4.56. The summed E-state index contributed by atoms with van der Waals surface area (Å²) >= 11 is 0. The van der Waals surface area contributed by atoms with E-state index in [-0.39, 0.29) is 55.7 Å². The third-order valence-corrected chi connectivity index (χ3v) is 7.97. The number of hydrogen-bond acceptors (Lipinski definition) is 6. The van der Waals surface area contributed by atoms with Gasteiger partial charge in [-0.1, -0.05) is 139 Å². The van der Waals surface area contributed by atoms with E-state index < -0.39 is 119 Å². The van der Waals surface area contributed by atoms with Crippen LogP contribution in [0, 0.1) is 0 Å². The maximum atomic E-state index is 9.89. The Balaban J connectivity index is 1.42. The van der Waals surface area contributed by atoms with Crippen LogP contribution in [0.15, 0.2) is 162 Å². The predicted octanol–water partition coefficient (Wildman–Crippen LogP) is 10.3. The van der Waals surface area contributed by atoms with E-state index in [9.17, 15) is 5.48 Å². The molecule has 0 bridgehead atoms. The first-order valence-corrected chi connectivity index (χ1v) is 15.1. The molecule has 0 aliphatic carbocycles. The molecule has 4 aromatic heterocycles. The Morgan fingerprint density at radius 2 is 1.08 bits per heavy atom. The van der Waals surface area contributed by atoms with Crippen molar-refractivity contribution in [2.75, 3.05) is 0 Å². The van der Waals surface area contributed by atoms with Gasteiger partial charge in [0.05, 0.1) is 33.0 Å². The summed E-state index contributed by atoms with van der Waals surface area (Å²) in [5.41, 5.74) is -0.318. The highest BCUT2D eigenvalue weighted by Crippen LogP contribution is 2.40. The van der Waals surface area contributed by atoms with Crippen LogP contribution in [0.3, 0.4) is 0 Å². The van der Waals surface area contributed by atoms with E-state index in [0.717, 1.165) is 4.57 Å². The SMILES string of the molecule is [2H]c1c([2H])c([2H])c(-c2nc(-c3c([2H])c([2H])c([2H])c([2H])c3[2H])nc(-n3c4c([2H])c([2H])c([2H])c([2H])c4c4c([2H])c5c(oc6c(-c7ccccc7)nc(-c7ccccc7)nc65)c([2H])c43)n2)c([2H])c1[2H]. The number of aromatic nitrogens is 6. The molecule has 0 saturated heterocycles. The van der Waals surface area contributed by atoms with E-state index in [0.29, 0.717) is 16.8 Å². The molecular weight excluding hydrogens is 617 g/mol. The molecule has 0 amide bonds. The Morgan fingerprint density at radius 1 is 0.480 bits per heavy atom. The second-order valence-electron chi connectivity index (χ2n) is 10.9. The maximum absolute atomic E-state index is 9.89. The van der Waals surface area contributed by atoms with Crippen molar-refractivity contribution in [1.82, 2.24) is 29.5 Å².